The highest BCUT2D eigenvalue weighted by atomic mass is 19.1. The van der Waals surface area contributed by atoms with E-state index in [4.69, 9.17) is 9.84 Å². The zero-order valence-corrected chi connectivity index (χ0v) is 21.6. The summed E-state index contributed by atoms with van der Waals surface area (Å²) >= 11 is 0. The van der Waals surface area contributed by atoms with Crippen LogP contribution in [0.1, 0.15) is 49.1 Å². The fourth-order valence-electron chi connectivity index (χ4n) is 5.04. The highest BCUT2D eigenvalue weighted by molar-refractivity contribution is 5.91. The van der Waals surface area contributed by atoms with Crippen molar-refractivity contribution in [3.63, 3.8) is 0 Å². The van der Waals surface area contributed by atoms with E-state index in [9.17, 15) is 18.4 Å². The average Bonchev–Trinajstić information content (AvgIpc) is 2.95. The first kappa shape index (κ1) is 28.0. The second kappa shape index (κ2) is 13.2. The van der Waals surface area contributed by atoms with Gasteiger partial charge < -0.3 is 15.2 Å². The van der Waals surface area contributed by atoms with Crippen LogP contribution in [0.15, 0.2) is 91.0 Å². The summed E-state index contributed by atoms with van der Waals surface area (Å²) in [7, 11) is 0. The Balaban J connectivity index is 1.73. The van der Waals surface area contributed by atoms with Crippen molar-refractivity contribution in [2.24, 2.45) is 0 Å². The minimum Gasteiger partial charge on any atom is -0.478 e. The van der Waals surface area contributed by atoms with Crippen LogP contribution in [0.3, 0.4) is 0 Å². The molecule has 0 spiro atoms. The maximum absolute atomic E-state index is 13.8. The molecular formula is C31H32F2N2O4. The number of rotatable bonds is 11. The van der Waals surface area contributed by atoms with Crippen molar-refractivity contribution in [1.29, 1.82) is 0 Å². The van der Waals surface area contributed by atoms with E-state index in [1.54, 1.807) is 24.3 Å². The third kappa shape index (κ3) is 7.74. The number of para-hydroxylation sites is 1. The van der Waals surface area contributed by atoms with Gasteiger partial charge in [-0.05, 0) is 66.8 Å². The van der Waals surface area contributed by atoms with Crippen molar-refractivity contribution in [1.82, 2.24) is 4.90 Å². The average molecular weight is 535 g/mol. The maximum atomic E-state index is 13.8. The van der Waals surface area contributed by atoms with Gasteiger partial charge in [-0.2, -0.15) is 0 Å². The molecule has 0 amide bonds. The van der Waals surface area contributed by atoms with Gasteiger partial charge in [0.05, 0.1) is 0 Å². The molecule has 0 aromatic heterocycles. The molecule has 0 bridgehead atoms. The van der Waals surface area contributed by atoms with Crippen molar-refractivity contribution in [3.8, 4) is 0 Å². The Morgan fingerprint density at radius 1 is 0.872 bits per heavy atom. The molecule has 1 unspecified atom stereocenters. The first-order valence-electron chi connectivity index (χ1n) is 13.1. The largest absolute Gasteiger partial charge is 0.478 e. The van der Waals surface area contributed by atoms with Crippen LogP contribution in [0.2, 0.25) is 0 Å². The molecular weight excluding hydrogens is 502 g/mol. The topological polar surface area (TPSA) is 78.9 Å². The molecule has 1 aliphatic rings. The number of carbonyl (C=O) groups excluding carboxylic acids is 1. The standard InChI is InChI=1S/C31H32F2N2O4/c32-25-13-9-23(10-14-25)28(24-11-15-26(33)16-12-24)19-20-31(35-21-5-2-6-22-35,34-27-7-3-1-4-8-27)39-30(38)18-17-29(36)37/h1,3-4,7-18,28,34H,2,5-6,19-22H2,(H,36,37)/b18-17-. The lowest BCUT2D eigenvalue weighted by Gasteiger charge is -2.46. The van der Waals surface area contributed by atoms with E-state index in [-0.39, 0.29) is 17.6 Å². The number of ether oxygens (including phenoxy) is 1. The van der Waals surface area contributed by atoms with E-state index in [1.807, 2.05) is 30.3 Å². The molecule has 0 radical (unpaired) electrons. The van der Waals surface area contributed by atoms with Crippen molar-refractivity contribution in [3.05, 3.63) is 114 Å². The number of hydrogen-bond donors (Lipinski definition) is 2. The normalized spacial score (nSPS) is 15.7. The van der Waals surface area contributed by atoms with Gasteiger partial charge in [-0.1, -0.05) is 48.9 Å². The third-order valence-corrected chi connectivity index (χ3v) is 6.93. The van der Waals surface area contributed by atoms with Crippen LogP contribution in [-0.2, 0) is 14.3 Å². The molecule has 3 aromatic carbocycles. The number of carboxylic acid groups (broad SMARTS) is 1. The van der Waals surface area contributed by atoms with E-state index in [1.165, 1.54) is 24.3 Å². The van der Waals surface area contributed by atoms with Gasteiger partial charge in [0.15, 0.2) is 0 Å². The summed E-state index contributed by atoms with van der Waals surface area (Å²) in [4.78, 5) is 26.1. The predicted molar refractivity (Wildman–Crippen MR) is 145 cm³/mol. The van der Waals surface area contributed by atoms with Gasteiger partial charge in [0, 0.05) is 43.3 Å². The number of likely N-dealkylation sites (tertiary alicyclic amines) is 1. The molecule has 39 heavy (non-hydrogen) atoms. The highest BCUT2D eigenvalue weighted by Crippen LogP contribution is 2.36. The molecule has 0 saturated carbocycles. The molecule has 2 N–H and O–H groups in total. The van der Waals surface area contributed by atoms with Crippen molar-refractivity contribution in [2.75, 3.05) is 18.4 Å². The number of piperidine rings is 1. The van der Waals surface area contributed by atoms with Gasteiger partial charge in [-0.3, -0.25) is 0 Å². The Bertz CT molecular complexity index is 1210. The lowest BCUT2D eigenvalue weighted by atomic mass is 9.86. The minimum absolute atomic E-state index is 0.249. The zero-order valence-electron chi connectivity index (χ0n) is 21.6. The van der Waals surface area contributed by atoms with Gasteiger partial charge in [-0.15, -0.1) is 0 Å². The Morgan fingerprint density at radius 2 is 1.44 bits per heavy atom. The molecule has 3 aromatic rings. The summed E-state index contributed by atoms with van der Waals surface area (Å²) in [5.41, 5.74) is 2.41. The molecule has 6 nitrogen and oxygen atoms in total. The molecule has 1 aliphatic heterocycles. The van der Waals surface area contributed by atoms with E-state index in [2.05, 4.69) is 10.2 Å². The maximum Gasteiger partial charge on any atom is 0.334 e. The number of esters is 1. The van der Waals surface area contributed by atoms with Crippen LogP contribution in [0, 0.1) is 11.6 Å². The number of halogens is 2. The first-order chi connectivity index (χ1) is 18.8. The summed E-state index contributed by atoms with van der Waals surface area (Å²) in [6, 6.07) is 21.8. The van der Waals surface area contributed by atoms with Crippen LogP contribution < -0.4 is 5.32 Å². The summed E-state index contributed by atoms with van der Waals surface area (Å²) < 4.78 is 33.6. The Kier molecular flexibility index (Phi) is 9.44. The molecule has 204 valence electrons. The SMILES string of the molecule is O=C(O)/C=C\C(=O)OC(CCC(c1ccc(F)cc1)c1ccc(F)cc1)(Nc1ccccc1)N1CCCCC1. The second-order valence-electron chi connectivity index (χ2n) is 9.61. The minimum atomic E-state index is -1.29. The van der Waals surface area contributed by atoms with Gasteiger partial charge in [0.1, 0.15) is 11.6 Å². The molecule has 1 heterocycles. The van der Waals surface area contributed by atoms with E-state index < -0.39 is 17.8 Å². The van der Waals surface area contributed by atoms with Gasteiger partial charge >= 0.3 is 11.9 Å². The second-order valence-corrected chi connectivity index (χ2v) is 9.61. The van der Waals surface area contributed by atoms with Crippen molar-refractivity contribution < 1.29 is 28.2 Å². The molecule has 0 aliphatic carbocycles. The highest BCUT2D eigenvalue weighted by Gasteiger charge is 2.41. The number of nitrogens with one attached hydrogen (secondary N) is 1. The summed E-state index contributed by atoms with van der Waals surface area (Å²) in [6.45, 7) is 1.35. The number of anilines is 1. The summed E-state index contributed by atoms with van der Waals surface area (Å²) in [5, 5.41) is 12.5. The van der Waals surface area contributed by atoms with Gasteiger partial charge in [0.2, 0.25) is 5.85 Å². The fraction of sp³-hybridized carbons (Fsp3) is 0.290. The van der Waals surface area contributed by atoms with Crippen LogP contribution in [-0.4, -0.2) is 40.9 Å². The molecule has 1 fully saturated rings. The lowest BCUT2D eigenvalue weighted by Crippen LogP contribution is -2.59. The number of hydrogen-bond acceptors (Lipinski definition) is 5. The van der Waals surface area contributed by atoms with Crippen LogP contribution in [0.5, 0.6) is 0 Å². The number of carbonyl (C=O) groups is 2. The fourth-order valence-corrected chi connectivity index (χ4v) is 5.04. The van der Waals surface area contributed by atoms with E-state index >= 15 is 0 Å². The van der Waals surface area contributed by atoms with Gasteiger partial charge in [-0.25, -0.2) is 23.3 Å². The Morgan fingerprint density at radius 3 is 1.97 bits per heavy atom. The van der Waals surface area contributed by atoms with E-state index in [0.29, 0.717) is 25.9 Å². The number of benzene rings is 3. The number of carboxylic acids is 1. The Hall–Kier alpha value is -4.04. The first-order valence-corrected chi connectivity index (χ1v) is 13.1. The van der Waals surface area contributed by atoms with Crippen LogP contribution in [0.4, 0.5) is 14.5 Å². The quantitative estimate of drug-likeness (QED) is 0.170. The van der Waals surface area contributed by atoms with Crippen molar-refractivity contribution in [2.45, 2.75) is 43.9 Å². The molecule has 1 saturated heterocycles. The summed E-state index contributed by atoms with van der Waals surface area (Å²) in [5.74, 6) is -4.29. The number of nitrogens with zero attached hydrogens (tertiary/aromatic N) is 1. The Labute approximate surface area is 226 Å². The van der Waals surface area contributed by atoms with Crippen LogP contribution in [0.25, 0.3) is 0 Å². The molecule has 8 heteroatoms. The third-order valence-electron chi connectivity index (χ3n) is 6.93. The van der Waals surface area contributed by atoms with Crippen molar-refractivity contribution >= 4 is 17.6 Å². The van der Waals surface area contributed by atoms with Crippen LogP contribution >= 0.6 is 0 Å². The lowest BCUT2D eigenvalue weighted by molar-refractivity contribution is -0.177. The van der Waals surface area contributed by atoms with E-state index in [0.717, 1.165) is 48.2 Å². The monoisotopic (exact) mass is 534 g/mol. The number of aliphatic carboxylic acids is 1. The predicted octanol–water partition coefficient (Wildman–Crippen LogP) is 6.31. The summed E-state index contributed by atoms with van der Waals surface area (Å²) in [6.07, 6.45) is 5.33. The zero-order chi connectivity index (χ0) is 27.7. The smallest absolute Gasteiger partial charge is 0.334 e. The molecule has 1 atom stereocenters. The van der Waals surface area contributed by atoms with Gasteiger partial charge in [0.25, 0.3) is 0 Å². The molecule has 4 rings (SSSR count).